The first-order chi connectivity index (χ1) is 29.1. The minimum Gasteiger partial charge on any atom is -0.465 e. The number of likely N-dealkylation sites (tertiary alicyclic amines) is 1. The van der Waals surface area contributed by atoms with E-state index in [1.54, 1.807) is 13.8 Å². The molecule has 3 atom stereocenters. The number of allylic oxidation sites excluding steroid dienone is 4. The molecule has 12 heteroatoms. The second kappa shape index (κ2) is 36.3. The summed E-state index contributed by atoms with van der Waals surface area (Å²) < 4.78 is 40.3. The summed E-state index contributed by atoms with van der Waals surface area (Å²) in [7, 11) is 0. The van der Waals surface area contributed by atoms with Crippen molar-refractivity contribution in [1.29, 1.82) is 0 Å². The molecule has 0 aliphatic carbocycles. The fourth-order valence-electron chi connectivity index (χ4n) is 6.50. The van der Waals surface area contributed by atoms with Gasteiger partial charge < -0.3 is 38.1 Å². The Labute approximate surface area is 363 Å². The van der Waals surface area contributed by atoms with Crippen LogP contribution in [0.2, 0.25) is 0 Å². The lowest BCUT2D eigenvalue weighted by Gasteiger charge is -2.33. The van der Waals surface area contributed by atoms with Crippen LogP contribution >= 0.6 is 0 Å². The molecule has 0 radical (unpaired) electrons. The number of carbonyl (C=O) groups excluding carboxylic acids is 4. The van der Waals surface area contributed by atoms with Gasteiger partial charge in [0.05, 0.1) is 25.7 Å². The molecule has 1 aliphatic rings. The van der Waals surface area contributed by atoms with E-state index < -0.39 is 36.1 Å². The molecule has 1 rings (SSSR count). The van der Waals surface area contributed by atoms with E-state index in [1.165, 1.54) is 12.8 Å². The number of esters is 3. The summed E-state index contributed by atoms with van der Waals surface area (Å²) in [6, 6.07) is 0. The molecule has 12 nitrogen and oxygen atoms in total. The van der Waals surface area contributed by atoms with Gasteiger partial charge in [-0.05, 0) is 96.6 Å². The highest BCUT2D eigenvalue weighted by Gasteiger charge is 2.44. The van der Waals surface area contributed by atoms with Gasteiger partial charge in [-0.25, -0.2) is 9.59 Å². The summed E-state index contributed by atoms with van der Waals surface area (Å²) >= 11 is 0. The lowest BCUT2D eigenvalue weighted by Crippen LogP contribution is -2.48. The van der Waals surface area contributed by atoms with Crippen LogP contribution in [0, 0.1) is 23.7 Å². The average molecular weight is 848 g/mol. The first-order valence-corrected chi connectivity index (χ1v) is 23.3. The van der Waals surface area contributed by atoms with Crippen molar-refractivity contribution < 1.29 is 52.3 Å². The SMILES string of the molecule is CC/C=C\CCCCOC(CC)(OCCCC/C=C\CC)C(=O)OC(OC(=O)OCC1CCCN(CC)C1)C(C)COC(=O)CCCCC(=O)OCC#CCCCCCC. The second-order valence-corrected chi connectivity index (χ2v) is 15.6. The number of nitrogens with zero attached hydrogens (tertiary/aromatic N) is 1. The number of rotatable bonds is 34. The molecule has 0 aromatic rings. The molecule has 0 saturated carbocycles. The van der Waals surface area contributed by atoms with E-state index in [4.69, 9.17) is 33.2 Å². The number of hydrogen-bond acceptors (Lipinski definition) is 12. The zero-order chi connectivity index (χ0) is 44.1. The Morgan fingerprint density at radius 3 is 1.98 bits per heavy atom. The van der Waals surface area contributed by atoms with Crippen LogP contribution in [0.15, 0.2) is 24.3 Å². The van der Waals surface area contributed by atoms with Gasteiger partial charge in [0, 0.05) is 38.1 Å². The summed E-state index contributed by atoms with van der Waals surface area (Å²) in [6.45, 7) is 15.2. The third kappa shape index (κ3) is 26.7. The van der Waals surface area contributed by atoms with Crippen LogP contribution in [0.4, 0.5) is 4.79 Å². The molecule has 0 aromatic heterocycles. The molecule has 0 bridgehead atoms. The highest BCUT2D eigenvalue weighted by Crippen LogP contribution is 2.26. The monoisotopic (exact) mass is 848 g/mol. The van der Waals surface area contributed by atoms with Crippen molar-refractivity contribution in [2.45, 2.75) is 182 Å². The van der Waals surface area contributed by atoms with Crippen LogP contribution in [0.5, 0.6) is 0 Å². The topological polar surface area (TPSA) is 136 Å². The molecule has 0 amide bonds. The number of unbranched alkanes of at least 4 members (excludes halogenated alkanes) is 9. The average Bonchev–Trinajstić information content (AvgIpc) is 3.25. The number of carbonyl (C=O) groups is 4. The summed E-state index contributed by atoms with van der Waals surface area (Å²) in [6.07, 6.45) is 21.6. The smallest absolute Gasteiger partial charge is 0.465 e. The Morgan fingerprint density at radius 1 is 0.733 bits per heavy atom. The van der Waals surface area contributed by atoms with E-state index >= 15 is 0 Å². The largest absolute Gasteiger partial charge is 0.511 e. The Balaban J connectivity index is 2.92. The Morgan fingerprint density at radius 2 is 1.38 bits per heavy atom. The predicted octanol–water partition coefficient (Wildman–Crippen LogP) is 10.4. The standard InChI is InChI=1S/C48H81NO11/c1-7-12-15-18-21-22-27-35-54-43(50)32-25-26-33-44(51)55-39-41(6)45(60-47(53)56-40-42-31-30-34-49(11-5)38-42)59-46(52)48(10-4,57-36-28-23-19-16-13-8-2)58-37-29-24-20-17-14-9-3/h13-14,16-17,41-42,45H,7-12,15,18-21,23-26,28-40H2,1-6H3/b16-13-,17-14-. The molecule has 1 heterocycles. The normalized spacial score (nSPS) is 15.6. The van der Waals surface area contributed by atoms with Gasteiger partial charge in [-0.15, -0.1) is 0 Å². The van der Waals surface area contributed by atoms with Gasteiger partial charge in [0.25, 0.3) is 12.1 Å². The van der Waals surface area contributed by atoms with Crippen LogP contribution < -0.4 is 0 Å². The van der Waals surface area contributed by atoms with Crippen LogP contribution in [-0.4, -0.2) is 93.7 Å². The van der Waals surface area contributed by atoms with Gasteiger partial charge in [-0.3, -0.25) is 9.59 Å². The summed E-state index contributed by atoms with van der Waals surface area (Å²) in [5.41, 5.74) is 0. The van der Waals surface area contributed by atoms with Crippen molar-refractivity contribution in [1.82, 2.24) is 4.90 Å². The van der Waals surface area contributed by atoms with E-state index in [2.05, 4.69) is 68.7 Å². The first kappa shape index (κ1) is 54.6. The highest BCUT2D eigenvalue weighted by atomic mass is 16.8. The maximum atomic E-state index is 14.1. The third-order valence-corrected chi connectivity index (χ3v) is 10.3. The summed E-state index contributed by atoms with van der Waals surface area (Å²) in [5, 5.41) is 0. The zero-order valence-corrected chi connectivity index (χ0v) is 38.3. The van der Waals surface area contributed by atoms with Crippen LogP contribution in [0.3, 0.4) is 0 Å². The Bertz CT molecular complexity index is 1250. The molecular formula is C48H81NO11. The molecule has 344 valence electrons. The third-order valence-electron chi connectivity index (χ3n) is 10.3. The van der Waals surface area contributed by atoms with Crippen LogP contribution in [-0.2, 0) is 47.5 Å². The molecule has 0 aromatic carbocycles. The van der Waals surface area contributed by atoms with E-state index in [1.807, 2.05) is 0 Å². The number of piperidine rings is 1. The molecule has 1 fully saturated rings. The minimum absolute atomic E-state index is 0.0669. The van der Waals surface area contributed by atoms with Gasteiger partial charge in [0.1, 0.15) is 6.61 Å². The van der Waals surface area contributed by atoms with Crippen molar-refractivity contribution in [3.05, 3.63) is 24.3 Å². The van der Waals surface area contributed by atoms with Gasteiger partial charge in [-0.2, -0.15) is 0 Å². The van der Waals surface area contributed by atoms with Crippen molar-refractivity contribution >= 4 is 24.1 Å². The van der Waals surface area contributed by atoms with E-state index in [-0.39, 0.29) is 64.2 Å². The highest BCUT2D eigenvalue weighted by molar-refractivity contribution is 5.78. The molecule has 1 saturated heterocycles. The molecular weight excluding hydrogens is 767 g/mol. The first-order valence-electron chi connectivity index (χ1n) is 23.3. The van der Waals surface area contributed by atoms with Crippen molar-refractivity contribution in [2.24, 2.45) is 11.8 Å². The number of hydrogen-bond donors (Lipinski definition) is 0. The minimum atomic E-state index is -1.73. The number of ether oxygens (including phenoxy) is 7. The second-order valence-electron chi connectivity index (χ2n) is 15.6. The van der Waals surface area contributed by atoms with Gasteiger partial charge in [0.15, 0.2) is 6.61 Å². The van der Waals surface area contributed by atoms with Crippen molar-refractivity contribution in [2.75, 3.05) is 52.7 Å². The van der Waals surface area contributed by atoms with Crippen LogP contribution in [0.1, 0.15) is 170 Å². The van der Waals surface area contributed by atoms with Crippen molar-refractivity contribution in [3.8, 4) is 11.8 Å². The van der Waals surface area contributed by atoms with Gasteiger partial charge in [0.2, 0.25) is 0 Å². The predicted molar refractivity (Wildman–Crippen MR) is 235 cm³/mol. The zero-order valence-electron chi connectivity index (χ0n) is 38.3. The molecule has 0 spiro atoms. The van der Waals surface area contributed by atoms with Crippen LogP contribution in [0.25, 0.3) is 0 Å². The lowest BCUT2D eigenvalue weighted by atomic mass is 9.99. The molecule has 1 aliphatic heterocycles. The van der Waals surface area contributed by atoms with E-state index in [9.17, 15) is 19.2 Å². The lowest BCUT2D eigenvalue weighted by molar-refractivity contribution is -0.266. The summed E-state index contributed by atoms with van der Waals surface area (Å²) in [4.78, 5) is 54.4. The summed E-state index contributed by atoms with van der Waals surface area (Å²) in [5.74, 6) is 1.91. The fraction of sp³-hybridized carbons (Fsp3) is 0.792. The van der Waals surface area contributed by atoms with Crippen molar-refractivity contribution in [3.63, 3.8) is 0 Å². The molecule has 0 N–H and O–H groups in total. The van der Waals surface area contributed by atoms with E-state index in [0.29, 0.717) is 25.7 Å². The maximum Gasteiger partial charge on any atom is 0.511 e. The Hall–Kier alpha value is -3.40. The quantitative estimate of drug-likeness (QED) is 0.0152. The molecule has 3 unspecified atom stereocenters. The molecule has 60 heavy (non-hydrogen) atoms. The fourth-order valence-corrected chi connectivity index (χ4v) is 6.50. The van der Waals surface area contributed by atoms with Gasteiger partial charge >= 0.3 is 24.1 Å². The van der Waals surface area contributed by atoms with E-state index in [0.717, 1.165) is 90.3 Å². The maximum absolute atomic E-state index is 14.1. The van der Waals surface area contributed by atoms with Gasteiger partial charge in [-0.1, -0.05) is 96.9 Å². The Kier molecular flexibility index (Phi) is 33.0.